The number of amides is 2. The number of piperidine rings is 1. The van der Waals surface area contributed by atoms with E-state index < -0.39 is 0 Å². The van der Waals surface area contributed by atoms with Crippen molar-refractivity contribution in [3.63, 3.8) is 0 Å². The lowest BCUT2D eigenvalue weighted by Gasteiger charge is -2.28. The largest absolute Gasteiger partial charge is 0.326 e. The molecule has 0 spiro atoms. The van der Waals surface area contributed by atoms with E-state index in [4.69, 9.17) is 0 Å². The molecule has 144 valence electrons. The first kappa shape index (κ1) is 19.9. The maximum absolute atomic E-state index is 12.3. The number of halogens is 1. The molecule has 1 aromatic carbocycles. The van der Waals surface area contributed by atoms with E-state index >= 15 is 0 Å². The zero-order valence-corrected chi connectivity index (χ0v) is 16.6. The molecular weight excluding hydrogens is 382 g/mol. The summed E-state index contributed by atoms with van der Waals surface area (Å²) in [5, 5.41) is 11.3. The zero-order chi connectivity index (χ0) is 17.9. The molecule has 0 aliphatic carbocycles. The van der Waals surface area contributed by atoms with Crippen LogP contribution >= 0.6 is 23.7 Å². The van der Waals surface area contributed by atoms with Crippen molar-refractivity contribution in [3.05, 3.63) is 46.7 Å². The van der Waals surface area contributed by atoms with Crippen LogP contribution < -0.4 is 16.0 Å². The summed E-state index contributed by atoms with van der Waals surface area (Å²) in [6.45, 7) is 0. The predicted octanol–water partition coefficient (Wildman–Crippen LogP) is 4.28. The molecule has 3 N–H and O–H groups in total. The van der Waals surface area contributed by atoms with Gasteiger partial charge in [0.2, 0.25) is 5.91 Å². The molecule has 0 saturated carbocycles. The second-order valence-electron chi connectivity index (χ2n) is 7.24. The predicted molar refractivity (Wildman–Crippen MR) is 112 cm³/mol. The van der Waals surface area contributed by atoms with Crippen LogP contribution in [0.5, 0.6) is 0 Å². The van der Waals surface area contributed by atoms with Crippen molar-refractivity contribution in [3.8, 4) is 0 Å². The molecule has 4 rings (SSSR count). The van der Waals surface area contributed by atoms with Gasteiger partial charge in [-0.25, -0.2) is 0 Å². The maximum atomic E-state index is 12.3. The molecule has 2 atom stereocenters. The number of carbonyl (C=O) groups is 2. The minimum absolute atomic E-state index is 0. The van der Waals surface area contributed by atoms with Crippen LogP contribution in [0.15, 0.2) is 41.8 Å². The highest BCUT2D eigenvalue weighted by atomic mass is 35.5. The molecular formula is C20H24ClN3O2S. The maximum Gasteiger partial charge on any atom is 0.265 e. The molecule has 2 saturated heterocycles. The summed E-state index contributed by atoms with van der Waals surface area (Å²) in [4.78, 5) is 25.1. The molecule has 2 bridgehead atoms. The van der Waals surface area contributed by atoms with Crippen LogP contribution in [0.2, 0.25) is 0 Å². The van der Waals surface area contributed by atoms with Gasteiger partial charge in [-0.1, -0.05) is 6.07 Å². The first-order chi connectivity index (χ1) is 12.7. The number of fused-ring (bicyclic) bond motifs is 2. The molecule has 2 aliphatic rings. The zero-order valence-electron chi connectivity index (χ0n) is 14.9. The highest BCUT2D eigenvalue weighted by Gasteiger charge is 2.34. The Balaban J connectivity index is 0.00000210. The molecule has 27 heavy (non-hydrogen) atoms. The van der Waals surface area contributed by atoms with Crippen LogP contribution in [-0.4, -0.2) is 23.9 Å². The molecule has 1 aromatic heterocycles. The lowest BCUT2D eigenvalue weighted by atomic mass is 9.89. The second kappa shape index (κ2) is 8.87. The molecule has 3 heterocycles. The summed E-state index contributed by atoms with van der Waals surface area (Å²) in [5.74, 6) is 0.446. The Bertz CT molecular complexity index is 767. The lowest BCUT2D eigenvalue weighted by Crippen LogP contribution is -2.39. The van der Waals surface area contributed by atoms with E-state index in [1.807, 2.05) is 35.7 Å². The average Bonchev–Trinajstić information content (AvgIpc) is 3.26. The van der Waals surface area contributed by atoms with E-state index in [1.54, 1.807) is 6.07 Å². The minimum atomic E-state index is -0.114. The summed E-state index contributed by atoms with van der Waals surface area (Å²) < 4.78 is 0. The van der Waals surface area contributed by atoms with Crippen molar-refractivity contribution in [1.82, 2.24) is 5.32 Å². The molecule has 0 radical (unpaired) electrons. The third kappa shape index (κ3) is 5.09. The molecule has 2 fully saturated rings. The highest BCUT2D eigenvalue weighted by Crippen LogP contribution is 2.32. The first-order valence-electron chi connectivity index (χ1n) is 9.16. The van der Waals surface area contributed by atoms with E-state index in [2.05, 4.69) is 16.0 Å². The number of anilines is 2. The summed E-state index contributed by atoms with van der Waals surface area (Å²) in [5.41, 5.74) is 1.48. The van der Waals surface area contributed by atoms with E-state index in [9.17, 15) is 9.59 Å². The van der Waals surface area contributed by atoms with Crippen molar-refractivity contribution in [2.45, 2.75) is 44.2 Å². The number of benzene rings is 1. The fraction of sp³-hybridized carbons (Fsp3) is 0.400. The van der Waals surface area contributed by atoms with Crippen molar-refractivity contribution >= 4 is 46.9 Å². The van der Waals surface area contributed by atoms with Crippen LogP contribution in [0.25, 0.3) is 0 Å². The Hall–Kier alpha value is -1.89. The monoisotopic (exact) mass is 405 g/mol. The summed E-state index contributed by atoms with van der Waals surface area (Å²) in [7, 11) is 0. The van der Waals surface area contributed by atoms with Gasteiger partial charge in [-0.3, -0.25) is 9.59 Å². The third-order valence-corrected chi connectivity index (χ3v) is 6.08. The van der Waals surface area contributed by atoms with Crippen LogP contribution in [-0.2, 0) is 4.79 Å². The van der Waals surface area contributed by atoms with Gasteiger partial charge in [0.15, 0.2) is 0 Å². The van der Waals surface area contributed by atoms with E-state index in [-0.39, 0.29) is 24.2 Å². The number of hydrogen-bond acceptors (Lipinski definition) is 4. The third-order valence-electron chi connectivity index (χ3n) is 5.22. The summed E-state index contributed by atoms with van der Waals surface area (Å²) >= 11 is 1.41. The topological polar surface area (TPSA) is 70.2 Å². The molecule has 7 heteroatoms. The quantitative estimate of drug-likeness (QED) is 0.695. The van der Waals surface area contributed by atoms with Crippen molar-refractivity contribution in [2.75, 3.05) is 10.6 Å². The van der Waals surface area contributed by atoms with Gasteiger partial charge in [0, 0.05) is 29.9 Å². The average molecular weight is 406 g/mol. The van der Waals surface area contributed by atoms with Gasteiger partial charge in [-0.15, -0.1) is 23.7 Å². The van der Waals surface area contributed by atoms with Gasteiger partial charge in [0.1, 0.15) is 0 Å². The van der Waals surface area contributed by atoms with Crippen LogP contribution in [0.1, 0.15) is 41.8 Å². The number of nitrogens with one attached hydrogen (secondary N) is 3. The summed E-state index contributed by atoms with van der Waals surface area (Å²) in [6, 6.07) is 12.1. The van der Waals surface area contributed by atoms with Crippen molar-refractivity contribution in [1.29, 1.82) is 0 Å². The lowest BCUT2D eigenvalue weighted by molar-refractivity contribution is -0.117. The van der Waals surface area contributed by atoms with Crippen LogP contribution in [0.4, 0.5) is 11.4 Å². The Morgan fingerprint density at radius 3 is 2.22 bits per heavy atom. The van der Waals surface area contributed by atoms with Gasteiger partial charge in [0.25, 0.3) is 5.91 Å². The van der Waals surface area contributed by atoms with Gasteiger partial charge < -0.3 is 16.0 Å². The van der Waals surface area contributed by atoms with E-state index in [1.165, 1.54) is 24.2 Å². The Kier molecular flexibility index (Phi) is 6.52. The molecule has 2 unspecified atom stereocenters. The standard InChI is InChI=1S/C20H23N3O2S.ClH/c24-19(12-13-10-16-7-8-17(11-13)21-16)22-14-3-5-15(6-4-14)23-20(25)18-2-1-9-26-18;/h1-6,9,13,16-17,21H,7-8,10-12H2,(H,22,24)(H,23,25);1H. The Labute approximate surface area is 169 Å². The van der Waals surface area contributed by atoms with Crippen molar-refractivity contribution < 1.29 is 9.59 Å². The molecule has 2 aromatic rings. The number of thiophene rings is 1. The molecule has 2 aliphatic heterocycles. The highest BCUT2D eigenvalue weighted by molar-refractivity contribution is 7.12. The van der Waals surface area contributed by atoms with Gasteiger partial charge in [-0.2, -0.15) is 0 Å². The number of hydrogen-bond donors (Lipinski definition) is 3. The normalized spacial score (nSPS) is 23.3. The van der Waals surface area contributed by atoms with Gasteiger partial charge >= 0.3 is 0 Å². The minimum Gasteiger partial charge on any atom is -0.326 e. The Morgan fingerprint density at radius 1 is 1.00 bits per heavy atom. The fourth-order valence-electron chi connectivity index (χ4n) is 4.05. The number of carbonyl (C=O) groups excluding carboxylic acids is 2. The SMILES string of the molecule is Cl.O=C(CC1CC2CCC(C1)N2)Nc1ccc(NC(=O)c2cccs2)cc1. The van der Waals surface area contributed by atoms with Crippen LogP contribution in [0, 0.1) is 5.92 Å². The van der Waals surface area contributed by atoms with Crippen molar-refractivity contribution in [2.24, 2.45) is 5.92 Å². The van der Waals surface area contributed by atoms with Crippen LogP contribution in [0.3, 0.4) is 0 Å². The van der Waals surface area contributed by atoms with E-state index in [0.29, 0.717) is 29.3 Å². The summed E-state index contributed by atoms with van der Waals surface area (Å²) in [6.07, 6.45) is 5.31. The number of rotatable bonds is 5. The Morgan fingerprint density at radius 2 is 1.63 bits per heavy atom. The first-order valence-corrected chi connectivity index (χ1v) is 10.0. The molecule has 2 amide bonds. The van der Waals surface area contributed by atoms with Gasteiger partial charge in [0.05, 0.1) is 4.88 Å². The van der Waals surface area contributed by atoms with Gasteiger partial charge in [-0.05, 0) is 67.3 Å². The fourth-order valence-corrected chi connectivity index (χ4v) is 4.67. The second-order valence-corrected chi connectivity index (χ2v) is 8.18. The smallest absolute Gasteiger partial charge is 0.265 e. The van der Waals surface area contributed by atoms with E-state index in [0.717, 1.165) is 24.2 Å². The molecule has 5 nitrogen and oxygen atoms in total.